The molecule has 0 aliphatic carbocycles. The molecule has 0 unspecified atom stereocenters. The van der Waals surface area contributed by atoms with E-state index in [9.17, 15) is 5.11 Å². The van der Waals surface area contributed by atoms with Crippen molar-refractivity contribution in [1.82, 2.24) is 4.90 Å². The predicted molar refractivity (Wildman–Crippen MR) is 100 cm³/mol. The van der Waals surface area contributed by atoms with E-state index in [2.05, 4.69) is 42.2 Å². The summed E-state index contributed by atoms with van der Waals surface area (Å²) in [6.07, 6.45) is 3.49. The maximum atomic E-state index is 11.1. The smallest absolute Gasteiger partial charge is 0.0836 e. The van der Waals surface area contributed by atoms with Crippen molar-refractivity contribution in [1.29, 1.82) is 0 Å². The van der Waals surface area contributed by atoms with Gasteiger partial charge in [-0.05, 0) is 43.0 Å². The van der Waals surface area contributed by atoms with Crippen LogP contribution in [0.3, 0.4) is 0 Å². The summed E-state index contributed by atoms with van der Waals surface area (Å²) in [6, 6.07) is 20.8. The number of aliphatic hydroxyl groups excluding tert-OH is 1. The zero-order chi connectivity index (χ0) is 16.8. The predicted octanol–water partition coefficient (Wildman–Crippen LogP) is 4.63. The van der Waals surface area contributed by atoms with Gasteiger partial charge < -0.3 is 10.0 Å². The van der Waals surface area contributed by atoms with Gasteiger partial charge in [0.25, 0.3) is 0 Å². The summed E-state index contributed by atoms with van der Waals surface area (Å²) in [5, 5.41) is 11.1. The first-order valence-corrected chi connectivity index (χ1v) is 9.26. The Hall–Kier alpha value is -1.64. The number of hydrogen-bond donors (Lipinski definition) is 1. The second kappa shape index (κ2) is 8.46. The topological polar surface area (TPSA) is 23.5 Å². The lowest BCUT2D eigenvalue weighted by Gasteiger charge is -2.36. The fourth-order valence-corrected chi connectivity index (χ4v) is 3.87. The summed E-state index contributed by atoms with van der Waals surface area (Å²) in [4.78, 5) is 2.54. The molecule has 0 saturated carbocycles. The second-order valence-electron chi connectivity index (χ2n) is 7.08. The van der Waals surface area contributed by atoms with E-state index in [1.165, 1.54) is 37.9 Å². The van der Waals surface area contributed by atoms with Crippen LogP contribution in [-0.4, -0.2) is 29.6 Å². The van der Waals surface area contributed by atoms with Crippen molar-refractivity contribution in [2.75, 3.05) is 19.6 Å². The standard InChI is InChI=1S/C22H29NO/c1-18(19-11-5-2-6-12-19)21(17-23-15-9-4-10-16-23)22(24)20-13-7-3-8-14-20/h2-3,5-8,11-14,18,21-22,24H,4,9-10,15-17H2,1H3/t18-,21+,22+/m1/s1. The van der Waals surface area contributed by atoms with Crippen molar-refractivity contribution in [3.05, 3.63) is 71.8 Å². The molecule has 1 fully saturated rings. The molecule has 1 heterocycles. The van der Waals surface area contributed by atoms with Crippen LogP contribution in [0.4, 0.5) is 0 Å². The third kappa shape index (κ3) is 4.25. The molecule has 0 spiro atoms. The van der Waals surface area contributed by atoms with E-state index in [1.807, 2.05) is 30.3 Å². The monoisotopic (exact) mass is 323 g/mol. The first-order valence-electron chi connectivity index (χ1n) is 9.26. The molecular formula is C22H29NO. The molecule has 3 atom stereocenters. The van der Waals surface area contributed by atoms with Crippen molar-refractivity contribution in [2.45, 2.75) is 38.2 Å². The van der Waals surface area contributed by atoms with Crippen LogP contribution in [0.25, 0.3) is 0 Å². The molecule has 128 valence electrons. The highest BCUT2D eigenvalue weighted by Gasteiger charge is 2.29. The Labute approximate surface area is 146 Å². The van der Waals surface area contributed by atoms with Crippen LogP contribution < -0.4 is 0 Å². The summed E-state index contributed by atoms with van der Waals surface area (Å²) in [5.41, 5.74) is 2.34. The van der Waals surface area contributed by atoms with Gasteiger partial charge in [0.2, 0.25) is 0 Å². The van der Waals surface area contributed by atoms with Crippen molar-refractivity contribution >= 4 is 0 Å². The first-order chi connectivity index (χ1) is 11.8. The summed E-state index contributed by atoms with van der Waals surface area (Å²) >= 11 is 0. The van der Waals surface area contributed by atoms with Crippen LogP contribution in [0.1, 0.15) is 49.3 Å². The minimum atomic E-state index is -0.427. The lowest BCUT2D eigenvalue weighted by molar-refractivity contribution is 0.0603. The number of rotatable bonds is 6. The van der Waals surface area contributed by atoms with Gasteiger partial charge in [-0.15, -0.1) is 0 Å². The molecule has 1 saturated heterocycles. The van der Waals surface area contributed by atoms with Crippen LogP contribution in [0, 0.1) is 5.92 Å². The molecule has 1 N–H and O–H groups in total. The van der Waals surface area contributed by atoms with Gasteiger partial charge in [0.05, 0.1) is 6.10 Å². The Morgan fingerprint density at radius 3 is 1.96 bits per heavy atom. The van der Waals surface area contributed by atoms with Gasteiger partial charge in [-0.25, -0.2) is 0 Å². The third-order valence-electron chi connectivity index (χ3n) is 5.43. The lowest BCUT2D eigenvalue weighted by atomic mass is 9.80. The van der Waals surface area contributed by atoms with Gasteiger partial charge in [-0.2, -0.15) is 0 Å². The molecule has 2 nitrogen and oxygen atoms in total. The summed E-state index contributed by atoms with van der Waals surface area (Å²) in [6.45, 7) is 5.56. The molecule has 0 aromatic heterocycles. The number of aliphatic hydroxyl groups is 1. The van der Waals surface area contributed by atoms with E-state index in [0.717, 1.165) is 12.1 Å². The first kappa shape index (κ1) is 17.2. The maximum Gasteiger partial charge on any atom is 0.0836 e. The highest BCUT2D eigenvalue weighted by molar-refractivity contribution is 5.23. The Morgan fingerprint density at radius 2 is 1.38 bits per heavy atom. The quantitative estimate of drug-likeness (QED) is 0.838. The molecule has 0 bridgehead atoms. The van der Waals surface area contributed by atoms with Crippen LogP contribution in [0.5, 0.6) is 0 Å². The van der Waals surface area contributed by atoms with E-state index >= 15 is 0 Å². The third-order valence-corrected chi connectivity index (χ3v) is 5.43. The fourth-order valence-electron chi connectivity index (χ4n) is 3.87. The zero-order valence-corrected chi connectivity index (χ0v) is 14.6. The molecule has 0 radical (unpaired) electrons. The van der Waals surface area contributed by atoms with E-state index in [4.69, 9.17) is 0 Å². The van der Waals surface area contributed by atoms with Crippen LogP contribution in [0.2, 0.25) is 0 Å². The highest BCUT2D eigenvalue weighted by atomic mass is 16.3. The van der Waals surface area contributed by atoms with Gasteiger partial charge in [0.1, 0.15) is 0 Å². The van der Waals surface area contributed by atoms with Gasteiger partial charge in [-0.3, -0.25) is 0 Å². The summed E-state index contributed by atoms with van der Waals surface area (Å²) in [5.74, 6) is 0.524. The second-order valence-corrected chi connectivity index (χ2v) is 7.08. The average Bonchev–Trinajstić information content (AvgIpc) is 2.67. The molecule has 0 amide bonds. The molecule has 24 heavy (non-hydrogen) atoms. The van der Waals surface area contributed by atoms with Gasteiger partial charge in [0.15, 0.2) is 0 Å². The van der Waals surface area contributed by atoms with Crippen molar-refractivity contribution in [3.63, 3.8) is 0 Å². The minimum Gasteiger partial charge on any atom is -0.388 e. The SMILES string of the molecule is C[C@H](c1ccccc1)[C@H](CN1CCCCC1)[C@@H](O)c1ccccc1. The number of likely N-dealkylation sites (tertiary alicyclic amines) is 1. The highest BCUT2D eigenvalue weighted by Crippen LogP contribution is 2.35. The van der Waals surface area contributed by atoms with Crippen molar-refractivity contribution in [3.8, 4) is 0 Å². The zero-order valence-electron chi connectivity index (χ0n) is 14.6. The molecule has 3 rings (SSSR count). The molecular weight excluding hydrogens is 294 g/mol. The summed E-state index contributed by atoms with van der Waals surface area (Å²) < 4.78 is 0. The fraction of sp³-hybridized carbons (Fsp3) is 0.455. The van der Waals surface area contributed by atoms with E-state index in [0.29, 0.717) is 5.92 Å². The van der Waals surface area contributed by atoms with Gasteiger partial charge in [0, 0.05) is 12.5 Å². The van der Waals surface area contributed by atoms with Crippen molar-refractivity contribution < 1.29 is 5.11 Å². The normalized spacial score (nSPS) is 19.6. The van der Waals surface area contributed by atoms with Crippen LogP contribution >= 0.6 is 0 Å². The minimum absolute atomic E-state index is 0.202. The Kier molecular flexibility index (Phi) is 6.06. The Bertz CT molecular complexity index is 546. The Balaban J connectivity index is 1.82. The lowest BCUT2D eigenvalue weighted by Crippen LogP contribution is -2.38. The maximum absolute atomic E-state index is 11.1. The molecule has 2 aromatic carbocycles. The largest absolute Gasteiger partial charge is 0.388 e. The molecule has 2 heteroatoms. The molecule has 2 aromatic rings. The van der Waals surface area contributed by atoms with Gasteiger partial charge in [-0.1, -0.05) is 74.0 Å². The summed E-state index contributed by atoms with van der Waals surface area (Å²) in [7, 11) is 0. The Morgan fingerprint density at radius 1 is 0.833 bits per heavy atom. The molecule has 1 aliphatic heterocycles. The van der Waals surface area contributed by atoms with Crippen LogP contribution in [-0.2, 0) is 0 Å². The number of piperidine rings is 1. The van der Waals surface area contributed by atoms with E-state index < -0.39 is 6.10 Å². The van der Waals surface area contributed by atoms with Crippen LogP contribution in [0.15, 0.2) is 60.7 Å². The number of hydrogen-bond acceptors (Lipinski definition) is 2. The molecule has 1 aliphatic rings. The van der Waals surface area contributed by atoms with E-state index in [-0.39, 0.29) is 5.92 Å². The van der Waals surface area contributed by atoms with Crippen molar-refractivity contribution in [2.24, 2.45) is 5.92 Å². The average molecular weight is 323 g/mol. The number of benzene rings is 2. The van der Waals surface area contributed by atoms with Gasteiger partial charge >= 0.3 is 0 Å². The van der Waals surface area contributed by atoms with E-state index in [1.54, 1.807) is 0 Å². The number of nitrogens with zero attached hydrogens (tertiary/aromatic N) is 1.